The van der Waals surface area contributed by atoms with Crippen molar-refractivity contribution in [3.63, 3.8) is 0 Å². The van der Waals surface area contributed by atoms with Gasteiger partial charge in [-0.15, -0.1) is 11.8 Å². The SMILES string of the molecule is C=C(C)C(=O)OCC(Br)SCc1ccccc1. The van der Waals surface area contributed by atoms with Crippen LogP contribution in [0.15, 0.2) is 42.5 Å². The van der Waals surface area contributed by atoms with Gasteiger partial charge in [-0.3, -0.25) is 0 Å². The number of ether oxygens (including phenoxy) is 1. The lowest BCUT2D eigenvalue weighted by Crippen LogP contribution is -2.11. The summed E-state index contributed by atoms with van der Waals surface area (Å²) in [6, 6.07) is 10.2. The van der Waals surface area contributed by atoms with Gasteiger partial charge in [-0.2, -0.15) is 0 Å². The average molecular weight is 315 g/mol. The van der Waals surface area contributed by atoms with Gasteiger partial charge in [0.2, 0.25) is 0 Å². The van der Waals surface area contributed by atoms with Crippen molar-refractivity contribution in [2.24, 2.45) is 0 Å². The Balaban J connectivity index is 2.24. The summed E-state index contributed by atoms with van der Waals surface area (Å²) in [6.07, 6.45) is 0. The first-order chi connectivity index (χ1) is 8.09. The number of alkyl halides is 1. The van der Waals surface area contributed by atoms with Gasteiger partial charge in [-0.1, -0.05) is 52.8 Å². The van der Waals surface area contributed by atoms with E-state index in [0.717, 1.165) is 5.75 Å². The molecule has 0 aromatic heterocycles. The van der Waals surface area contributed by atoms with E-state index in [9.17, 15) is 4.79 Å². The van der Waals surface area contributed by atoms with Gasteiger partial charge in [0.25, 0.3) is 0 Å². The molecule has 0 N–H and O–H groups in total. The van der Waals surface area contributed by atoms with Gasteiger partial charge >= 0.3 is 5.97 Å². The van der Waals surface area contributed by atoms with Crippen LogP contribution >= 0.6 is 27.7 Å². The molecule has 0 aliphatic rings. The Morgan fingerprint density at radius 3 is 2.71 bits per heavy atom. The van der Waals surface area contributed by atoms with Crippen LogP contribution in [-0.2, 0) is 15.3 Å². The number of esters is 1. The molecule has 0 bridgehead atoms. The lowest BCUT2D eigenvalue weighted by Gasteiger charge is -2.10. The molecule has 92 valence electrons. The van der Waals surface area contributed by atoms with Crippen molar-refractivity contribution in [3.05, 3.63) is 48.0 Å². The molecule has 1 unspecified atom stereocenters. The highest BCUT2D eigenvalue weighted by Gasteiger charge is 2.09. The Kier molecular flexibility index (Phi) is 6.37. The van der Waals surface area contributed by atoms with Crippen molar-refractivity contribution in [1.29, 1.82) is 0 Å². The summed E-state index contributed by atoms with van der Waals surface area (Å²) in [6.45, 7) is 5.52. The zero-order valence-corrected chi connectivity index (χ0v) is 12.1. The van der Waals surface area contributed by atoms with Crippen molar-refractivity contribution >= 4 is 33.7 Å². The Bertz CT molecular complexity index is 378. The number of hydrogen-bond donors (Lipinski definition) is 0. The van der Waals surface area contributed by atoms with Crippen LogP contribution in [0.2, 0.25) is 0 Å². The Hall–Kier alpha value is -0.740. The second-order valence-corrected chi connectivity index (χ2v) is 6.49. The summed E-state index contributed by atoms with van der Waals surface area (Å²) in [5.41, 5.74) is 1.69. The molecule has 1 atom stereocenters. The topological polar surface area (TPSA) is 26.3 Å². The number of benzene rings is 1. The van der Waals surface area contributed by atoms with E-state index in [-0.39, 0.29) is 10.1 Å². The van der Waals surface area contributed by atoms with Crippen LogP contribution in [0.5, 0.6) is 0 Å². The molecule has 0 aliphatic carbocycles. The standard InChI is InChI=1S/C13H15BrO2S/c1-10(2)13(15)16-8-12(14)17-9-11-6-4-3-5-7-11/h3-7,12H,1,8-9H2,2H3. The van der Waals surface area contributed by atoms with Gasteiger partial charge in [0.1, 0.15) is 6.61 Å². The predicted molar refractivity (Wildman–Crippen MR) is 76.2 cm³/mol. The molecule has 1 rings (SSSR count). The fourth-order valence-electron chi connectivity index (χ4n) is 1.07. The molecular formula is C13H15BrO2S. The first kappa shape index (κ1) is 14.3. The largest absolute Gasteiger partial charge is 0.460 e. The lowest BCUT2D eigenvalue weighted by atomic mass is 10.2. The summed E-state index contributed by atoms with van der Waals surface area (Å²) in [7, 11) is 0. The van der Waals surface area contributed by atoms with Gasteiger partial charge in [0.15, 0.2) is 0 Å². The second kappa shape index (κ2) is 7.56. The second-order valence-electron chi connectivity index (χ2n) is 3.59. The van der Waals surface area contributed by atoms with Crippen LogP contribution in [0.1, 0.15) is 12.5 Å². The maximum atomic E-state index is 11.2. The number of halogens is 1. The molecule has 0 amide bonds. The van der Waals surface area contributed by atoms with Gasteiger partial charge in [0.05, 0.1) is 4.16 Å². The van der Waals surface area contributed by atoms with E-state index in [0.29, 0.717) is 12.2 Å². The first-order valence-corrected chi connectivity index (χ1v) is 7.18. The molecule has 0 saturated heterocycles. The van der Waals surface area contributed by atoms with Crippen molar-refractivity contribution < 1.29 is 9.53 Å². The molecule has 4 heteroatoms. The first-order valence-electron chi connectivity index (χ1n) is 5.22. The summed E-state index contributed by atoms with van der Waals surface area (Å²) in [5.74, 6) is 0.552. The van der Waals surface area contributed by atoms with E-state index >= 15 is 0 Å². The van der Waals surface area contributed by atoms with Gasteiger partial charge < -0.3 is 4.74 Å². The van der Waals surface area contributed by atoms with Crippen molar-refractivity contribution in [3.8, 4) is 0 Å². The number of carbonyl (C=O) groups is 1. The third kappa shape index (κ3) is 5.94. The molecule has 0 spiro atoms. The van der Waals surface area contributed by atoms with Crippen LogP contribution in [0.4, 0.5) is 0 Å². The molecule has 1 aromatic carbocycles. The fraction of sp³-hybridized carbons (Fsp3) is 0.308. The summed E-state index contributed by atoms with van der Waals surface area (Å²) >= 11 is 5.16. The fourth-order valence-corrected chi connectivity index (χ4v) is 2.33. The smallest absolute Gasteiger partial charge is 0.333 e. The van der Waals surface area contributed by atoms with E-state index in [1.165, 1.54) is 5.56 Å². The van der Waals surface area contributed by atoms with Gasteiger partial charge in [-0.05, 0) is 12.5 Å². The zero-order valence-electron chi connectivity index (χ0n) is 9.69. The van der Waals surface area contributed by atoms with E-state index in [1.807, 2.05) is 18.2 Å². The predicted octanol–water partition coefficient (Wildman–Crippen LogP) is 3.76. The van der Waals surface area contributed by atoms with E-state index in [1.54, 1.807) is 18.7 Å². The minimum absolute atomic E-state index is 0.103. The molecule has 2 nitrogen and oxygen atoms in total. The van der Waals surface area contributed by atoms with Gasteiger partial charge in [-0.25, -0.2) is 4.79 Å². The Morgan fingerprint density at radius 2 is 2.12 bits per heavy atom. The van der Waals surface area contributed by atoms with Crippen molar-refractivity contribution in [2.45, 2.75) is 16.8 Å². The highest BCUT2D eigenvalue weighted by atomic mass is 79.9. The third-order valence-corrected chi connectivity index (χ3v) is 4.02. The van der Waals surface area contributed by atoms with Crippen molar-refractivity contribution in [1.82, 2.24) is 0 Å². The molecule has 0 fully saturated rings. The minimum atomic E-state index is -0.338. The summed E-state index contributed by atoms with van der Waals surface area (Å²) in [5, 5.41) is 0. The summed E-state index contributed by atoms with van der Waals surface area (Å²) < 4.78 is 5.15. The van der Waals surface area contributed by atoms with Crippen molar-refractivity contribution in [2.75, 3.05) is 6.61 Å². The molecule has 0 saturated carbocycles. The Labute approximate surface area is 115 Å². The van der Waals surface area contributed by atoms with Gasteiger partial charge in [0, 0.05) is 11.3 Å². The molecular weight excluding hydrogens is 300 g/mol. The molecule has 0 heterocycles. The van der Waals surface area contributed by atoms with Crippen LogP contribution in [-0.4, -0.2) is 16.7 Å². The molecule has 0 radical (unpaired) electrons. The number of rotatable bonds is 6. The normalized spacial score (nSPS) is 11.9. The maximum Gasteiger partial charge on any atom is 0.333 e. The Morgan fingerprint density at radius 1 is 1.47 bits per heavy atom. The monoisotopic (exact) mass is 314 g/mol. The molecule has 17 heavy (non-hydrogen) atoms. The highest BCUT2D eigenvalue weighted by molar-refractivity contribution is 9.11. The van der Waals surface area contributed by atoms with Crippen LogP contribution in [0, 0.1) is 0 Å². The summed E-state index contributed by atoms with van der Waals surface area (Å²) in [4.78, 5) is 11.2. The van der Waals surface area contributed by atoms with E-state index in [2.05, 4.69) is 34.6 Å². The number of thioether (sulfide) groups is 1. The molecule has 1 aromatic rings. The van der Waals surface area contributed by atoms with Crippen LogP contribution in [0.3, 0.4) is 0 Å². The number of carbonyl (C=O) groups excluding carboxylic acids is 1. The zero-order chi connectivity index (χ0) is 12.7. The highest BCUT2D eigenvalue weighted by Crippen LogP contribution is 2.22. The lowest BCUT2D eigenvalue weighted by molar-refractivity contribution is -0.138. The number of hydrogen-bond acceptors (Lipinski definition) is 3. The van der Waals surface area contributed by atoms with Crippen LogP contribution < -0.4 is 0 Å². The van der Waals surface area contributed by atoms with E-state index < -0.39 is 0 Å². The average Bonchev–Trinajstić information content (AvgIpc) is 2.34. The van der Waals surface area contributed by atoms with E-state index in [4.69, 9.17) is 4.74 Å². The minimum Gasteiger partial charge on any atom is -0.460 e. The quantitative estimate of drug-likeness (QED) is 0.454. The van der Waals surface area contributed by atoms with Crippen LogP contribution in [0.25, 0.3) is 0 Å². The third-order valence-electron chi connectivity index (χ3n) is 1.97. The molecule has 0 aliphatic heterocycles. The maximum absolute atomic E-state index is 11.2.